The van der Waals surface area contributed by atoms with Gasteiger partial charge in [0.2, 0.25) is 0 Å². The summed E-state index contributed by atoms with van der Waals surface area (Å²) in [5.74, 6) is 0. The molecule has 0 spiro atoms. The van der Waals surface area contributed by atoms with E-state index < -0.39 is 12.2 Å². The third kappa shape index (κ3) is 8.96. The second-order valence-corrected chi connectivity index (χ2v) is 15.7. The standard InChI is InChI=1S/C35H52N4O4/c1-31(2)19-27(20-32(3,4)38-31)42-29(40)36-25-15-11-23(12-16-25)35(9,10)24-13-17-26(18-14-24)37-30(41)43-28-21-33(5,6)39-34(7,8)22-28/h11-18,27-28,38-39H,19-22H2,1-10H3,(H,36,40)(H,37,41). The van der Waals surface area contributed by atoms with E-state index in [0.717, 1.165) is 36.8 Å². The SMILES string of the molecule is CC1(C)CC(OC(=O)Nc2ccc(C(C)(C)c3ccc(NC(=O)OC4CC(C)(C)NC(C)(C)C4)cc3)cc2)CC(C)(C)N1. The van der Waals surface area contributed by atoms with Crippen LogP contribution in [0.3, 0.4) is 0 Å². The summed E-state index contributed by atoms with van der Waals surface area (Å²) >= 11 is 0. The van der Waals surface area contributed by atoms with Gasteiger partial charge in [-0.15, -0.1) is 0 Å². The fourth-order valence-electron chi connectivity index (χ4n) is 7.33. The van der Waals surface area contributed by atoms with Crippen molar-refractivity contribution in [1.82, 2.24) is 10.6 Å². The normalized spacial score (nSPS) is 21.4. The molecule has 2 amide bonds. The van der Waals surface area contributed by atoms with Gasteiger partial charge >= 0.3 is 12.2 Å². The number of nitrogens with one attached hydrogen (secondary N) is 4. The highest BCUT2D eigenvalue weighted by molar-refractivity contribution is 5.85. The van der Waals surface area contributed by atoms with Crippen molar-refractivity contribution in [1.29, 1.82) is 0 Å². The summed E-state index contributed by atoms with van der Waals surface area (Å²) in [5.41, 5.74) is 2.90. The van der Waals surface area contributed by atoms with E-state index in [4.69, 9.17) is 9.47 Å². The lowest BCUT2D eigenvalue weighted by atomic mass is 9.78. The zero-order valence-corrected chi connectivity index (χ0v) is 27.7. The first-order chi connectivity index (χ1) is 19.7. The molecule has 236 valence electrons. The lowest BCUT2D eigenvalue weighted by Crippen LogP contribution is -2.59. The Labute approximate surface area is 258 Å². The molecule has 0 unspecified atom stereocenters. The zero-order chi connectivity index (χ0) is 31.8. The summed E-state index contributed by atoms with van der Waals surface area (Å²) in [6, 6.07) is 15.7. The molecule has 0 aromatic heterocycles. The minimum absolute atomic E-state index is 0.0980. The Bertz CT molecular complexity index is 1160. The van der Waals surface area contributed by atoms with Crippen LogP contribution in [0.1, 0.15) is 106 Å². The van der Waals surface area contributed by atoms with Gasteiger partial charge in [-0.1, -0.05) is 38.1 Å². The Balaban J connectivity index is 1.32. The maximum Gasteiger partial charge on any atom is 0.411 e. The summed E-state index contributed by atoms with van der Waals surface area (Å²) in [6.45, 7) is 21.4. The number of ether oxygens (including phenoxy) is 2. The molecule has 2 aliphatic heterocycles. The van der Waals surface area contributed by atoms with Gasteiger partial charge in [0.1, 0.15) is 12.2 Å². The van der Waals surface area contributed by atoms with Crippen molar-refractivity contribution in [3.63, 3.8) is 0 Å². The van der Waals surface area contributed by atoms with Crippen LogP contribution < -0.4 is 21.3 Å². The van der Waals surface area contributed by atoms with Gasteiger partial charge in [0.15, 0.2) is 0 Å². The Kier molecular flexibility index (Phi) is 8.98. The Morgan fingerprint density at radius 3 is 1.16 bits per heavy atom. The molecule has 2 aromatic rings. The molecule has 8 nitrogen and oxygen atoms in total. The minimum atomic E-state index is -0.431. The third-order valence-electron chi connectivity index (χ3n) is 8.56. The van der Waals surface area contributed by atoms with E-state index in [1.165, 1.54) is 0 Å². The van der Waals surface area contributed by atoms with E-state index >= 15 is 0 Å². The maximum atomic E-state index is 12.7. The van der Waals surface area contributed by atoms with Crippen molar-refractivity contribution in [3.8, 4) is 0 Å². The molecule has 4 rings (SSSR count). The molecular formula is C35H52N4O4. The summed E-state index contributed by atoms with van der Waals surface area (Å²) in [7, 11) is 0. The number of anilines is 2. The van der Waals surface area contributed by atoms with Crippen LogP contribution in [0.15, 0.2) is 48.5 Å². The minimum Gasteiger partial charge on any atom is -0.446 e. The second-order valence-electron chi connectivity index (χ2n) is 15.7. The quantitative estimate of drug-likeness (QED) is 0.274. The molecule has 0 bridgehead atoms. The summed E-state index contributed by atoms with van der Waals surface area (Å²) in [4.78, 5) is 25.4. The largest absolute Gasteiger partial charge is 0.446 e. The molecule has 2 saturated heterocycles. The van der Waals surface area contributed by atoms with Crippen LogP contribution in [-0.4, -0.2) is 46.6 Å². The van der Waals surface area contributed by atoms with Crippen molar-refractivity contribution in [3.05, 3.63) is 59.7 Å². The molecule has 2 heterocycles. The number of rotatable bonds is 6. The fourth-order valence-corrected chi connectivity index (χ4v) is 7.33. The van der Waals surface area contributed by atoms with Gasteiger partial charge in [0.05, 0.1) is 0 Å². The molecule has 0 aliphatic carbocycles. The molecule has 2 aromatic carbocycles. The van der Waals surface area contributed by atoms with Gasteiger partial charge in [-0.25, -0.2) is 9.59 Å². The topological polar surface area (TPSA) is 101 Å². The highest BCUT2D eigenvalue weighted by atomic mass is 16.6. The van der Waals surface area contributed by atoms with Crippen LogP contribution >= 0.6 is 0 Å². The van der Waals surface area contributed by atoms with Gasteiger partial charge < -0.3 is 20.1 Å². The van der Waals surface area contributed by atoms with E-state index in [0.29, 0.717) is 11.4 Å². The summed E-state index contributed by atoms with van der Waals surface area (Å²) in [5, 5.41) is 13.0. The van der Waals surface area contributed by atoms with E-state index in [1.807, 2.05) is 48.5 Å². The molecule has 4 N–H and O–H groups in total. The van der Waals surface area contributed by atoms with E-state index in [-0.39, 0.29) is 39.8 Å². The van der Waals surface area contributed by atoms with Crippen LogP contribution in [0.2, 0.25) is 0 Å². The van der Waals surface area contributed by atoms with Crippen LogP contribution in [0.25, 0.3) is 0 Å². The second kappa shape index (κ2) is 11.8. The number of amides is 2. The predicted octanol–water partition coefficient (Wildman–Crippen LogP) is 7.73. The Morgan fingerprint density at radius 1 is 0.605 bits per heavy atom. The molecule has 0 atom stereocenters. The van der Waals surface area contributed by atoms with Crippen LogP contribution in [0.4, 0.5) is 21.0 Å². The molecule has 43 heavy (non-hydrogen) atoms. The number of benzene rings is 2. The van der Waals surface area contributed by atoms with E-state index in [2.05, 4.69) is 90.5 Å². The number of piperidine rings is 2. The van der Waals surface area contributed by atoms with Crippen molar-refractivity contribution in [2.75, 3.05) is 10.6 Å². The maximum absolute atomic E-state index is 12.7. The lowest BCUT2D eigenvalue weighted by molar-refractivity contribution is 0.0245. The van der Waals surface area contributed by atoms with Crippen LogP contribution in [-0.2, 0) is 14.9 Å². The van der Waals surface area contributed by atoms with Gasteiger partial charge in [-0.3, -0.25) is 10.6 Å². The smallest absolute Gasteiger partial charge is 0.411 e. The van der Waals surface area contributed by atoms with Crippen molar-refractivity contribution in [2.45, 2.75) is 135 Å². The fraction of sp³-hybridized carbons (Fsp3) is 0.600. The molecule has 0 radical (unpaired) electrons. The lowest BCUT2D eigenvalue weighted by Gasteiger charge is -2.45. The molecule has 0 saturated carbocycles. The van der Waals surface area contributed by atoms with E-state index in [9.17, 15) is 9.59 Å². The first-order valence-electron chi connectivity index (χ1n) is 15.5. The van der Waals surface area contributed by atoms with Gasteiger partial charge in [-0.05, 0) is 90.8 Å². The van der Waals surface area contributed by atoms with Crippen molar-refractivity contribution < 1.29 is 19.1 Å². The Hall–Kier alpha value is -3.10. The molecule has 8 heteroatoms. The third-order valence-corrected chi connectivity index (χ3v) is 8.56. The zero-order valence-electron chi connectivity index (χ0n) is 27.7. The first kappa shape index (κ1) is 32.8. The average Bonchev–Trinajstić information content (AvgIpc) is 2.80. The Morgan fingerprint density at radius 2 is 0.884 bits per heavy atom. The molecule has 2 fully saturated rings. The number of carbonyl (C=O) groups is 2. The van der Waals surface area contributed by atoms with E-state index in [1.54, 1.807) is 0 Å². The van der Waals surface area contributed by atoms with Crippen LogP contribution in [0.5, 0.6) is 0 Å². The molecular weight excluding hydrogens is 540 g/mol. The first-order valence-corrected chi connectivity index (χ1v) is 15.5. The monoisotopic (exact) mass is 592 g/mol. The van der Waals surface area contributed by atoms with Gasteiger partial charge in [0.25, 0.3) is 0 Å². The number of hydrogen-bond donors (Lipinski definition) is 4. The predicted molar refractivity (Wildman–Crippen MR) is 174 cm³/mol. The van der Waals surface area contributed by atoms with Gasteiger partial charge in [0, 0.05) is 64.6 Å². The van der Waals surface area contributed by atoms with Gasteiger partial charge in [-0.2, -0.15) is 0 Å². The summed E-state index contributed by atoms with van der Waals surface area (Å²) < 4.78 is 11.6. The van der Waals surface area contributed by atoms with Crippen LogP contribution in [0, 0.1) is 0 Å². The highest BCUT2D eigenvalue weighted by Gasteiger charge is 2.40. The summed E-state index contributed by atoms with van der Waals surface area (Å²) in [6.07, 6.45) is 1.91. The number of hydrogen-bond acceptors (Lipinski definition) is 6. The average molecular weight is 593 g/mol. The highest BCUT2D eigenvalue weighted by Crippen LogP contribution is 2.34. The molecule has 2 aliphatic rings. The van der Waals surface area contributed by atoms with Crippen molar-refractivity contribution in [2.24, 2.45) is 0 Å². The number of carbonyl (C=O) groups excluding carboxylic acids is 2. The van der Waals surface area contributed by atoms with Crippen molar-refractivity contribution >= 4 is 23.6 Å².